The summed E-state index contributed by atoms with van der Waals surface area (Å²) in [5.74, 6) is 0.0864. The third-order valence-corrected chi connectivity index (χ3v) is 2.50. The van der Waals surface area contributed by atoms with Gasteiger partial charge in [0.25, 0.3) is 0 Å². The second kappa shape index (κ2) is 3.32. The summed E-state index contributed by atoms with van der Waals surface area (Å²) >= 11 is 0. The zero-order chi connectivity index (χ0) is 8.32. The van der Waals surface area contributed by atoms with E-state index in [1.54, 1.807) is 6.92 Å². The molecule has 0 radical (unpaired) electrons. The van der Waals surface area contributed by atoms with Gasteiger partial charge in [-0.25, -0.2) is 0 Å². The highest BCUT2D eigenvalue weighted by Gasteiger charge is 2.36. The predicted octanol–water partition coefficient (Wildman–Crippen LogP) is 0.365. The Hall–Kier alpha value is -0.410. The molecule has 1 heterocycles. The summed E-state index contributed by atoms with van der Waals surface area (Å²) in [6.07, 6.45) is 1.33. The highest BCUT2D eigenvalue weighted by atomic mass is 16.5. The molecule has 64 valence electrons. The molecule has 0 atom stereocenters. The highest BCUT2D eigenvalue weighted by molar-refractivity contribution is 5.82. The topological polar surface area (TPSA) is 46.5 Å². The van der Waals surface area contributed by atoms with Gasteiger partial charge in [-0.05, 0) is 19.8 Å². The van der Waals surface area contributed by atoms with Crippen LogP contribution in [0.25, 0.3) is 0 Å². The lowest BCUT2D eigenvalue weighted by atomic mass is 9.78. The first-order chi connectivity index (χ1) is 5.21. The van der Waals surface area contributed by atoms with Crippen LogP contribution in [0.5, 0.6) is 0 Å². The van der Waals surface area contributed by atoms with Crippen molar-refractivity contribution in [2.75, 3.05) is 19.8 Å². The van der Waals surface area contributed by atoms with Crippen LogP contribution in [0.15, 0.2) is 0 Å². The predicted molar refractivity (Wildman–Crippen MR) is 40.3 cm³/mol. The van der Waals surface area contributed by atoms with E-state index in [-0.39, 0.29) is 12.4 Å². The van der Waals surface area contributed by atoms with E-state index in [4.69, 9.17) is 9.84 Å². The normalized spacial score (nSPS) is 23.1. The third-order valence-electron chi connectivity index (χ3n) is 2.50. The molecule has 0 aromatic heterocycles. The van der Waals surface area contributed by atoms with E-state index in [1.807, 2.05) is 0 Å². The lowest BCUT2D eigenvalue weighted by Crippen LogP contribution is -2.38. The molecule has 0 unspecified atom stereocenters. The first-order valence-electron chi connectivity index (χ1n) is 3.91. The monoisotopic (exact) mass is 158 g/mol. The Balaban J connectivity index is 2.64. The summed E-state index contributed by atoms with van der Waals surface area (Å²) in [4.78, 5) is 11.1. The summed E-state index contributed by atoms with van der Waals surface area (Å²) in [6, 6.07) is 0. The second-order valence-corrected chi connectivity index (χ2v) is 3.11. The van der Waals surface area contributed by atoms with Crippen molar-refractivity contribution in [2.24, 2.45) is 5.41 Å². The molecule has 1 aliphatic rings. The van der Waals surface area contributed by atoms with Crippen LogP contribution in [0.4, 0.5) is 0 Å². The number of ketones is 1. The molecule has 1 N–H and O–H groups in total. The zero-order valence-corrected chi connectivity index (χ0v) is 6.80. The van der Waals surface area contributed by atoms with Crippen molar-refractivity contribution < 1.29 is 14.6 Å². The first-order valence-corrected chi connectivity index (χ1v) is 3.91. The van der Waals surface area contributed by atoms with E-state index in [0.29, 0.717) is 26.1 Å². The van der Waals surface area contributed by atoms with Gasteiger partial charge < -0.3 is 9.84 Å². The average Bonchev–Trinajstić information content (AvgIpc) is 2.05. The van der Waals surface area contributed by atoms with Gasteiger partial charge in [0.15, 0.2) is 0 Å². The van der Waals surface area contributed by atoms with Crippen molar-refractivity contribution in [3.8, 4) is 0 Å². The van der Waals surface area contributed by atoms with E-state index in [9.17, 15) is 4.79 Å². The number of Topliss-reactive ketones (excluding diaryl/α,β-unsaturated/α-hetero) is 1. The smallest absolute Gasteiger partial charge is 0.138 e. The molecule has 1 fully saturated rings. The van der Waals surface area contributed by atoms with Crippen molar-refractivity contribution in [3.63, 3.8) is 0 Å². The van der Waals surface area contributed by atoms with Crippen molar-refractivity contribution >= 4 is 5.78 Å². The zero-order valence-electron chi connectivity index (χ0n) is 6.80. The molecule has 0 spiro atoms. The molecule has 0 aromatic rings. The van der Waals surface area contributed by atoms with Gasteiger partial charge in [-0.3, -0.25) is 4.79 Å². The van der Waals surface area contributed by atoms with Gasteiger partial charge >= 0.3 is 0 Å². The summed E-state index contributed by atoms with van der Waals surface area (Å²) < 4.78 is 5.11. The molecule has 0 amide bonds. The minimum atomic E-state index is -0.488. The Morgan fingerprint density at radius 1 is 1.55 bits per heavy atom. The van der Waals surface area contributed by atoms with Crippen LogP contribution in [0.2, 0.25) is 0 Å². The largest absolute Gasteiger partial charge is 0.395 e. The van der Waals surface area contributed by atoms with Crippen molar-refractivity contribution in [2.45, 2.75) is 19.8 Å². The third kappa shape index (κ3) is 1.60. The van der Waals surface area contributed by atoms with Gasteiger partial charge in [-0.15, -0.1) is 0 Å². The molecule has 1 saturated heterocycles. The van der Waals surface area contributed by atoms with E-state index in [2.05, 4.69) is 0 Å². The Bertz CT molecular complexity index is 147. The van der Waals surface area contributed by atoms with Crippen LogP contribution >= 0.6 is 0 Å². The van der Waals surface area contributed by atoms with Gasteiger partial charge in [0.1, 0.15) is 5.78 Å². The molecule has 0 aliphatic carbocycles. The van der Waals surface area contributed by atoms with Crippen LogP contribution < -0.4 is 0 Å². The number of aliphatic hydroxyl groups excluding tert-OH is 1. The number of hydrogen-bond acceptors (Lipinski definition) is 3. The molecule has 1 rings (SSSR count). The lowest BCUT2D eigenvalue weighted by molar-refractivity contribution is -0.135. The van der Waals surface area contributed by atoms with Crippen LogP contribution in [0.3, 0.4) is 0 Å². The highest BCUT2D eigenvalue weighted by Crippen LogP contribution is 2.30. The van der Waals surface area contributed by atoms with Gasteiger partial charge in [0.05, 0.1) is 12.0 Å². The van der Waals surface area contributed by atoms with Crippen molar-refractivity contribution in [1.29, 1.82) is 0 Å². The number of carbonyl (C=O) groups excluding carboxylic acids is 1. The van der Waals surface area contributed by atoms with Crippen molar-refractivity contribution in [3.05, 3.63) is 0 Å². The Morgan fingerprint density at radius 2 is 2.09 bits per heavy atom. The second-order valence-electron chi connectivity index (χ2n) is 3.11. The molecule has 0 aromatic carbocycles. The Morgan fingerprint density at radius 3 is 2.36 bits per heavy atom. The number of aliphatic hydroxyl groups is 1. The van der Waals surface area contributed by atoms with Crippen LogP contribution in [-0.4, -0.2) is 30.7 Å². The van der Waals surface area contributed by atoms with Crippen molar-refractivity contribution in [1.82, 2.24) is 0 Å². The molecule has 1 aliphatic heterocycles. The molecule has 3 heteroatoms. The fourth-order valence-electron chi connectivity index (χ4n) is 1.38. The SMILES string of the molecule is CC(=O)C1(CO)CCOCC1. The molecule has 0 bridgehead atoms. The maximum absolute atomic E-state index is 11.1. The maximum atomic E-state index is 11.1. The fraction of sp³-hybridized carbons (Fsp3) is 0.875. The van der Waals surface area contributed by atoms with Crippen LogP contribution in [0, 0.1) is 5.41 Å². The standard InChI is InChI=1S/C8H14O3/c1-7(10)8(6-9)2-4-11-5-3-8/h9H,2-6H2,1H3. The molecular formula is C8H14O3. The van der Waals surface area contributed by atoms with Gasteiger partial charge in [0, 0.05) is 13.2 Å². The number of carbonyl (C=O) groups is 1. The van der Waals surface area contributed by atoms with Gasteiger partial charge in [-0.1, -0.05) is 0 Å². The average molecular weight is 158 g/mol. The molecule has 11 heavy (non-hydrogen) atoms. The summed E-state index contributed by atoms with van der Waals surface area (Å²) in [6.45, 7) is 2.70. The minimum absolute atomic E-state index is 0.0360. The van der Waals surface area contributed by atoms with E-state index in [1.165, 1.54) is 0 Å². The number of rotatable bonds is 2. The van der Waals surface area contributed by atoms with Crippen LogP contribution in [0.1, 0.15) is 19.8 Å². The lowest BCUT2D eigenvalue weighted by Gasteiger charge is -2.32. The Labute approximate surface area is 66.4 Å². The van der Waals surface area contributed by atoms with E-state index < -0.39 is 5.41 Å². The fourth-order valence-corrected chi connectivity index (χ4v) is 1.38. The molecular weight excluding hydrogens is 144 g/mol. The summed E-state index contributed by atoms with van der Waals surface area (Å²) in [5.41, 5.74) is -0.488. The maximum Gasteiger partial charge on any atom is 0.138 e. The summed E-state index contributed by atoms with van der Waals surface area (Å²) in [5, 5.41) is 9.04. The first kappa shape index (κ1) is 8.68. The Kier molecular flexibility index (Phi) is 2.62. The number of hydrogen-bond donors (Lipinski definition) is 1. The van der Waals surface area contributed by atoms with Crippen LogP contribution in [-0.2, 0) is 9.53 Å². The quantitative estimate of drug-likeness (QED) is 0.631. The molecule has 3 nitrogen and oxygen atoms in total. The van der Waals surface area contributed by atoms with E-state index >= 15 is 0 Å². The minimum Gasteiger partial charge on any atom is -0.395 e. The molecule has 0 saturated carbocycles. The number of ether oxygens (including phenoxy) is 1. The van der Waals surface area contributed by atoms with Gasteiger partial charge in [-0.2, -0.15) is 0 Å². The summed E-state index contributed by atoms with van der Waals surface area (Å²) in [7, 11) is 0. The van der Waals surface area contributed by atoms with E-state index in [0.717, 1.165) is 0 Å². The van der Waals surface area contributed by atoms with Gasteiger partial charge in [0.2, 0.25) is 0 Å².